The molecule has 35 heavy (non-hydrogen) atoms. The Morgan fingerprint density at radius 1 is 0.857 bits per heavy atom. The monoisotopic (exact) mass is 463 g/mol. The molecule has 0 aliphatic rings. The number of hydrogen-bond donors (Lipinski definition) is 2. The van der Waals surface area contributed by atoms with Crippen molar-refractivity contribution in [2.45, 2.75) is 6.54 Å². The lowest BCUT2D eigenvalue weighted by atomic mass is 10.1. The van der Waals surface area contributed by atoms with Gasteiger partial charge in [0.25, 0.3) is 0 Å². The van der Waals surface area contributed by atoms with Gasteiger partial charge in [0.2, 0.25) is 0 Å². The van der Waals surface area contributed by atoms with Crippen LogP contribution in [-0.2, 0) is 6.54 Å². The van der Waals surface area contributed by atoms with Crippen LogP contribution in [0.15, 0.2) is 73.3 Å². The zero-order valence-electron chi connectivity index (χ0n) is 19.2. The summed E-state index contributed by atoms with van der Waals surface area (Å²) in [5.41, 5.74) is 7.70. The molecule has 0 aliphatic heterocycles. The van der Waals surface area contributed by atoms with Crippen LogP contribution in [0.3, 0.4) is 0 Å². The molecule has 1 aromatic carbocycles. The highest BCUT2D eigenvalue weighted by Crippen LogP contribution is 2.34. The Kier molecular flexibility index (Phi) is 5.08. The van der Waals surface area contributed by atoms with Gasteiger partial charge in [-0.2, -0.15) is 5.10 Å². The van der Waals surface area contributed by atoms with Crippen LogP contribution in [-0.4, -0.2) is 49.1 Å². The van der Waals surface area contributed by atoms with Gasteiger partial charge in [-0.3, -0.25) is 20.1 Å². The molecule has 0 atom stereocenters. The van der Waals surface area contributed by atoms with Gasteiger partial charge in [0, 0.05) is 52.6 Å². The van der Waals surface area contributed by atoms with E-state index < -0.39 is 0 Å². The number of aromatic nitrogens is 6. The van der Waals surface area contributed by atoms with E-state index in [0.717, 1.165) is 67.8 Å². The van der Waals surface area contributed by atoms with Crippen LogP contribution in [0.25, 0.3) is 55.7 Å². The fraction of sp³-hybridized carbons (Fsp3) is 0.111. The highest BCUT2D eigenvalue weighted by atomic mass is 19.1. The lowest BCUT2D eigenvalue weighted by Crippen LogP contribution is -2.10. The lowest BCUT2D eigenvalue weighted by Gasteiger charge is -2.10. The summed E-state index contributed by atoms with van der Waals surface area (Å²) in [4.78, 5) is 19.1. The number of rotatable bonds is 5. The summed E-state index contributed by atoms with van der Waals surface area (Å²) in [7, 11) is 4.06. The molecule has 6 rings (SSSR count). The Morgan fingerprint density at radius 2 is 1.74 bits per heavy atom. The van der Waals surface area contributed by atoms with E-state index in [9.17, 15) is 4.39 Å². The summed E-state index contributed by atoms with van der Waals surface area (Å²) in [6.07, 6.45) is 7.22. The fourth-order valence-electron chi connectivity index (χ4n) is 4.41. The molecule has 0 fully saturated rings. The summed E-state index contributed by atoms with van der Waals surface area (Å²) >= 11 is 0. The zero-order valence-corrected chi connectivity index (χ0v) is 19.2. The Hall–Kier alpha value is -4.43. The summed E-state index contributed by atoms with van der Waals surface area (Å²) in [5.74, 6) is -0.292. The van der Waals surface area contributed by atoms with E-state index in [0.29, 0.717) is 0 Å². The Balaban J connectivity index is 1.45. The van der Waals surface area contributed by atoms with Crippen LogP contribution >= 0.6 is 0 Å². The molecule has 5 aromatic heterocycles. The number of hydrogen-bond acceptors (Lipinski definition) is 5. The van der Waals surface area contributed by atoms with Crippen molar-refractivity contribution in [3.8, 4) is 33.9 Å². The molecule has 0 saturated carbocycles. The second kappa shape index (κ2) is 8.41. The quantitative estimate of drug-likeness (QED) is 0.356. The highest BCUT2D eigenvalue weighted by molar-refractivity contribution is 6.00. The average Bonchev–Trinajstić information content (AvgIpc) is 3.47. The van der Waals surface area contributed by atoms with Crippen molar-refractivity contribution in [1.29, 1.82) is 0 Å². The van der Waals surface area contributed by atoms with Crippen molar-refractivity contribution in [3.63, 3.8) is 0 Å². The standard InChI is InChI=1S/C27H22FN7/c1-35(2)15-16-8-18(13-29-12-16)23-10-21-25(14-31-23)33-34-27(21)24-11-20-22(32-24)6-7-30-26(20)17-4-3-5-19(28)9-17/h3-14,32H,15H2,1-2H3,(H,33,34). The Bertz CT molecular complexity index is 1680. The van der Waals surface area contributed by atoms with Crippen molar-refractivity contribution >= 4 is 21.8 Å². The van der Waals surface area contributed by atoms with Gasteiger partial charge in [0.15, 0.2) is 0 Å². The van der Waals surface area contributed by atoms with E-state index in [-0.39, 0.29) is 5.82 Å². The molecular weight excluding hydrogens is 441 g/mol. The van der Waals surface area contributed by atoms with E-state index in [2.05, 4.69) is 41.1 Å². The predicted octanol–water partition coefficient (Wildman–Crippen LogP) is 5.43. The minimum absolute atomic E-state index is 0.292. The molecule has 0 aliphatic carbocycles. The molecule has 7 nitrogen and oxygen atoms in total. The maximum Gasteiger partial charge on any atom is 0.123 e. The normalized spacial score (nSPS) is 11.7. The number of halogens is 1. The van der Waals surface area contributed by atoms with Gasteiger partial charge >= 0.3 is 0 Å². The third kappa shape index (κ3) is 3.94. The molecule has 0 amide bonds. The van der Waals surface area contributed by atoms with Crippen molar-refractivity contribution < 1.29 is 4.39 Å². The third-order valence-electron chi connectivity index (χ3n) is 5.94. The van der Waals surface area contributed by atoms with Crippen LogP contribution < -0.4 is 0 Å². The first-order chi connectivity index (χ1) is 17.0. The van der Waals surface area contributed by atoms with Crippen LogP contribution in [0.2, 0.25) is 0 Å². The summed E-state index contributed by atoms with van der Waals surface area (Å²) in [5, 5.41) is 9.50. The molecule has 6 aromatic rings. The molecule has 0 bridgehead atoms. The first kappa shape index (κ1) is 21.1. The number of H-pyrrole nitrogens is 2. The van der Waals surface area contributed by atoms with Crippen molar-refractivity contribution in [2.75, 3.05) is 14.1 Å². The second-order valence-electron chi connectivity index (χ2n) is 8.82. The van der Waals surface area contributed by atoms with Gasteiger partial charge in [-0.05, 0) is 56.1 Å². The Morgan fingerprint density at radius 3 is 2.60 bits per heavy atom. The topological polar surface area (TPSA) is 86.4 Å². The van der Waals surface area contributed by atoms with Crippen molar-refractivity contribution in [1.82, 2.24) is 35.0 Å². The molecule has 2 N–H and O–H groups in total. The van der Waals surface area contributed by atoms with E-state index in [1.54, 1.807) is 18.5 Å². The third-order valence-corrected chi connectivity index (χ3v) is 5.94. The van der Waals surface area contributed by atoms with Gasteiger partial charge < -0.3 is 9.88 Å². The van der Waals surface area contributed by atoms with E-state index >= 15 is 0 Å². The lowest BCUT2D eigenvalue weighted by molar-refractivity contribution is 0.402. The predicted molar refractivity (Wildman–Crippen MR) is 135 cm³/mol. The van der Waals surface area contributed by atoms with Gasteiger partial charge in [-0.25, -0.2) is 4.39 Å². The maximum absolute atomic E-state index is 13.9. The summed E-state index contributed by atoms with van der Waals surface area (Å²) < 4.78 is 13.9. The highest BCUT2D eigenvalue weighted by Gasteiger charge is 2.16. The van der Waals surface area contributed by atoms with E-state index in [4.69, 9.17) is 0 Å². The summed E-state index contributed by atoms with van der Waals surface area (Å²) in [6, 6.07) is 14.5. The van der Waals surface area contributed by atoms with Gasteiger partial charge in [-0.1, -0.05) is 12.1 Å². The van der Waals surface area contributed by atoms with Crippen LogP contribution in [0.1, 0.15) is 5.56 Å². The summed E-state index contributed by atoms with van der Waals surface area (Å²) in [6.45, 7) is 0.802. The number of benzene rings is 1. The van der Waals surface area contributed by atoms with Crippen LogP contribution in [0.4, 0.5) is 4.39 Å². The average molecular weight is 464 g/mol. The SMILES string of the molecule is CN(C)Cc1cncc(-c2cc3c(-c4cc5c(-c6cccc(F)c6)nccc5[nH]4)n[nH]c3cn2)c1. The molecule has 8 heteroatoms. The van der Waals surface area contributed by atoms with Gasteiger partial charge in [0.1, 0.15) is 11.5 Å². The van der Waals surface area contributed by atoms with Gasteiger partial charge in [-0.15, -0.1) is 0 Å². The molecule has 0 spiro atoms. The van der Waals surface area contributed by atoms with Crippen molar-refractivity contribution in [2.24, 2.45) is 0 Å². The minimum atomic E-state index is -0.292. The molecule has 172 valence electrons. The number of nitrogens with zero attached hydrogens (tertiary/aromatic N) is 5. The Labute approximate surface area is 200 Å². The first-order valence-electron chi connectivity index (χ1n) is 11.2. The molecule has 0 unspecified atom stereocenters. The molecular formula is C27H22FN7. The first-order valence-corrected chi connectivity index (χ1v) is 11.2. The molecule has 0 saturated heterocycles. The number of aromatic amines is 2. The number of nitrogens with one attached hydrogen (secondary N) is 2. The van der Waals surface area contributed by atoms with Crippen molar-refractivity contribution in [3.05, 3.63) is 84.7 Å². The second-order valence-corrected chi connectivity index (χ2v) is 8.82. The zero-order chi connectivity index (χ0) is 23.9. The van der Waals surface area contributed by atoms with Crippen LogP contribution in [0, 0.1) is 5.82 Å². The molecule has 5 heterocycles. The van der Waals surface area contributed by atoms with E-state index in [1.165, 1.54) is 12.1 Å². The molecule has 0 radical (unpaired) electrons. The minimum Gasteiger partial charge on any atom is -0.353 e. The van der Waals surface area contributed by atoms with Gasteiger partial charge in [0.05, 0.1) is 28.8 Å². The fourth-order valence-corrected chi connectivity index (χ4v) is 4.41. The smallest absolute Gasteiger partial charge is 0.123 e. The largest absolute Gasteiger partial charge is 0.353 e. The van der Waals surface area contributed by atoms with E-state index in [1.807, 2.05) is 50.8 Å². The number of fused-ring (bicyclic) bond motifs is 2. The van der Waals surface area contributed by atoms with Crippen LogP contribution in [0.5, 0.6) is 0 Å². The number of pyridine rings is 3. The maximum atomic E-state index is 13.9.